The summed E-state index contributed by atoms with van der Waals surface area (Å²) in [6.45, 7) is -1.10. The van der Waals surface area contributed by atoms with Crippen LogP contribution in [0.1, 0.15) is 45.0 Å². The quantitative estimate of drug-likeness (QED) is 0.0155. The Morgan fingerprint density at radius 3 is 1.34 bits per heavy atom. The van der Waals surface area contributed by atoms with Gasteiger partial charge < -0.3 is 115 Å². The van der Waals surface area contributed by atoms with Crippen LogP contribution in [0.4, 0.5) is 14.7 Å². The lowest BCUT2D eigenvalue weighted by atomic mass is 10.1. The number of nitrogens with zero attached hydrogens (tertiary/aromatic N) is 10. The van der Waals surface area contributed by atoms with Crippen molar-refractivity contribution in [2.24, 2.45) is 10.8 Å². The van der Waals surface area contributed by atoms with Gasteiger partial charge in [-0.3, -0.25) is 71.7 Å². The van der Waals surface area contributed by atoms with E-state index in [2.05, 4.69) is 36.8 Å². The molecule has 106 heavy (non-hydrogen) atoms. The van der Waals surface area contributed by atoms with Gasteiger partial charge in [-0.15, -0.1) is 12.8 Å². The third kappa shape index (κ3) is 16.8. The monoisotopic (exact) mass is 1510 g/mol. The number of nitrogens with one attached hydrogen (secondary N) is 5. The number of imidazole rings is 1. The van der Waals surface area contributed by atoms with E-state index in [4.69, 9.17) is 77.2 Å². The molecule has 20 N–H and O–H groups in total. The van der Waals surface area contributed by atoms with Crippen LogP contribution in [0.5, 0.6) is 0 Å². The van der Waals surface area contributed by atoms with E-state index in [-0.39, 0.29) is 30.3 Å². The van der Waals surface area contributed by atoms with Gasteiger partial charge in [0.25, 0.3) is 27.8 Å². The molecule has 6 aromatic heterocycles. The number of nitrogen functional groups attached to an aromatic ring is 1. The summed E-state index contributed by atoms with van der Waals surface area (Å²) < 4.78 is 85.3. The molecule has 6 aromatic rings. The summed E-state index contributed by atoms with van der Waals surface area (Å²) >= 11 is 0. The number of aliphatic hydroxyl groups is 11. The summed E-state index contributed by atoms with van der Waals surface area (Å²) in [5.74, 6) is -5.30. The molecule has 0 aromatic carbocycles. The summed E-state index contributed by atoms with van der Waals surface area (Å²) in [6, 6.07) is 1.95. The number of H-pyrrole nitrogens is 5. The molecule has 580 valence electrons. The van der Waals surface area contributed by atoms with Crippen LogP contribution in [-0.4, -0.2) is 270 Å². The zero-order valence-electron chi connectivity index (χ0n) is 55.6. The third-order valence-corrected chi connectivity index (χ3v) is 16.4. The van der Waals surface area contributed by atoms with Crippen LogP contribution >= 0.6 is 0 Å². The zero-order chi connectivity index (χ0) is 78.7. The molecule has 5 fully saturated rings. The lowest BCUT2D eigenvalue weighted by molar-refractivity contribution is -0.294. The molecule has 0 unspecified atom stereocenters. The topological polar surface area (TPSA) is 699 Å². The fraction of sp³-hybridized carbons (Fsp3) is 0.561. The molecular weight excluding hydrogens is 1440 g/mol. The van der Waals surface area contributed by atoms with E-state index in [0.29, 0.717) is 0 Å². The number of aromatic amines is 5. The Morgan fingerprint density at radius 2 is 0.953 bits per heavy atom. The molecular formula is C57H73F2N17O30. The number of aliphatic hydroxyl groups excluding tert-OH is 11. The molecule has 0 spiro atoms. The Labute approximate surface area is 588 Å². The van der Waals surface area contributed by atoms with Crippen LogP contribution in [0, 0.1) is 24.7 Å². The largest absolute Gasteiger partial charge is 0.391 e. The predicted molar refractivity (Wildman–Crippen MR) is 344 cm³/mol. The molecule has 49 heteroatoms. The van der Waals surface area contributed by atoms with Crippen LogP contribution in [0.25, 0.3) is 21.6 Å². The van der Waals surface area contributed by atoms with Gasteiger partial charge in [0.2, 0.25) is 34.9 Å². The number of fused-ring (bicyclic) bond motifs is 1. The van der Waals surface area contributed by atoms with Crippen molar-refractivity contribution in [2.75, 3.05) is 66.2 Å². The van der Waals surface area contributed by atoms with Gasteiger partial charge in [0.05, 0.1) is 31.7 Å². The van der Waals surface area contributed by atoms with Gasteiger partial charge in [-0.25, -0.2) is 32.9 Å². The molecule has 5 saturated heterocycles. The second-order valence-electron chi connectivity index (χ2n) is 23.2. The molecule has 0 radical (unpaired) electrons. The summed E-state index contributed by atoms with van der Waals surface area (Å²) in [5.41, 5.74) is 13.6. The summed E-state index contributed by atoms with van der Waals surface area (Å²) in [6.07, 6.45) is -5.28. The van der Waals surface area contributed by atoms with Crippen LogP contribution in [-0.2, 0) is 47.4 Å². The zero-order valence-corrected chi connectivity index (χ0v) is 55.6. The number of halogens is 2. The van der Waals surface area contributed by atoms with E-state index >= 15 is 0 Å². The van der Waals surface area contributed by atoms with E-state index < -0.39 is 211 Å². The first-order valence-corrected chi connectivity index (χ1v) is 30.6. The van der Waals surface area contributed by atoms with Crippen LogP contribution in [0.2, 0.25) is 0 Å². The number of hydrogen-bond acceptors (Lipinski definition) is 35. The molecule has 11 rings (SSSR count). The molecule has 20 atom stereocenters. The van der Waals surface area contributed by atoms with E-state index in [9.17, 15) is 108 Å². The van der Waals surface area contributed by atoms with E-state index in [1.54, 1.807) is 13.8 Å². The number of nitrogens with two attached hydrogens (primary N) is 2. The lowest BCUT2D eigenvalue weighted by Crippen LogP contribution is -2.53. The number of hydrogen-bond donors (Lipinski definition) is 18. The number of methoxy groups -OCH3 is 2. The first-order valence-electron chi connectivity index (χ1n) is 30.6. The molecule has 0 amide bonds. The number of aromatic nitrogens is 12. The van der Waals surface area contributed by atoms with Crippen LogP contribution in [0.15, 0.2) is 104 Å². The maximum absolute atomic E-state index is 14.3. The molecule has 0 saturated carbocycles. The Kier molecular flexibility index (Phi) is 27.3. The fourth-order valence-electron chi connectivity index (χ4n) is 11.0. The van der Waals surface area contributed by atoms with Gasteiger partial charge in [-0.1, -0.05) is 17.0 Å². The smallest absolute Gasteiger partial charge is 0.330 e. The number of anilines is 1. The number of terminal acetylenes is 2. The van der Waals surface area contributed by atoms with Gasteiger partial charge >= 0.3 is 22.8 Å². The highest BCUT2D eigenvalue weighted by molar-refractivity contribution is 5.70. The van der Waals surface area contributed by atoms with Crippen LogP contribution < -0.4 is 62.0 Å². The molecule has 5 aliphatic heterocycles. The van der Waals surface area contributed by atoms with Gasteiger partial charge in [0.15, 0.2) is 54.6 Å². The van der Waals surface area contributed by atoms with Crippen molar-refractivity contribution < 1.29 is 112 Å². The molecule has 0 aliphatic carbocycles. The Balaban J connectivity index is 0.000000185. The Morgan fingerprint density at radius 1 is 0.575 bits per heavy atom. The minimum absolute atomic E-state index is 0.0131. The van der Waals surface area contributed by atoms with Crippen molar-refractivity contribution in [1.29, 1.82) is 0 Å². The van der Waals surface area contributed by atoms with Crippen molar-refractivity contribution in [2.45, 2.75) is 141 Å². The Bertz CT molecular complexity index is 4610. The second-order valence-corrected chi connectivity index (χ2v) is 23.2. The second kappa shape index (κ2) is 34.7. The Hall–Kier alpha value is -9.72. The van der Waals surface area contributed by atoms with Gasteiger partial charge in [0.1, 0.15) is 75.7 Å². The summed E-state index contributed by atoms with van der Waals surface area (Å²) in [4.78, 5) is 123. The minimum atomic E-state index is -2.08. The van der Waals surface area contributed by atoms with Gasteiger partial charge in [-0.2, -0.15) is 4.98 Å². The number of rotatable bonds is 19. The number of azide groups is 1. The maximum atomic E-state index is 14.3. The highest BCUT2D eigenvalue weighted by atomic mass is 19.1. The third-order valence-electron chi connectivity index (χ3n) is 16.4. The molecule has 5 aliphatic rings. The normalized spacial score (nSPS) is 32.1. The highest BCUT2D eigenvalue weighted by Gasteiger charge is 2.61. The first kappa shape index (κ1) is 83.6. The average Bonchev–Trinajstić information content (AvgIpc) is 1.60. The summed E-state index contributed by atoms with van der Waals surface area (Å²) in [5, 5.41) is 111. The van der Waals surface area contributed by atoms with Crippen molar-refractivity contribution >= 4 is 17.1 Å². The lowest BCUT2D eigenvalue weighted by Gasteiger charge is -2.31. The predicted octanol–water partition coefficient (Wildman–Crippen LogP) is -10.2. The SMILES string of the molecule is C#CCO[C@]1(CO)O[C@@H](n2ccc(=O)[nH]c2=O)[C@H](F)[C@@H]1O.C#CCO[C@]1(CO)O[C@@H](n2ccc(=O)[nH]c2=O)[C@H](O)[C@@H]1O.CC(C)O[C@]1(CO)O[C@@H](n2ccc(=O)[nH]c2=O)[C@H](F)[C@@H]1O.CO[C@]1(CO)O[C@@H](n2ccc(=O)[nH]c2=O)[C@H](O)[C@@H]1N.CO[C@]1(CO)O[C@@H](n2cnc3c(=O)[nH]c(N)nc32)[C@@H](N=[N+]=[N-])[C@@H]1O. The average molecular weight is 1510 g/mol. The summed E-state index contributed by atoms with van der Waals surface area (Å²) in [7, 11) is 2.49. The standard InChI is InChI=1S/C12H17FN2O6.C12H13FN2O6.C12H14N2O7.C11H14N8O5.C10H15N3O6/c1-6(2)20-12(5-16)9(18)8(13)10(21-12)15-4-3-7(17)14-11(15)19;1-2-5-20-12(6-16)9(18)8(13)10(21-12)15-4-3-7(17)14-11(15)19;1-2-5-20-12(6-15)9(18)8(17)10(21-12)14-4-3-7(16)13-11(14)19;1-23-11(2-20)6(21)4(17-18-13)9(24-11)19-3-14-5-7(19)15-10(12)16-8(5)22;1-18-10(4-14)7(11)6(16)8(19-10)13-3-2-5(15)12-9(13)17/h3-4,6,8-10,16,18H,5H2,1-2H3,(H,14,17,19);1,3-4,8-10,16,18H,5-6H2,(H,14,17,19);1,3-4,8-10,15,17-18H,5-6H2,(H,13,16,19);3-4,6,9,20-21H,2H2,1H3,(H3,12,15,16,22);2-3,6-8,14,16H,4,11H2,1H3,(H,12,15,17)/t3*8-,9+,10-,12-;4-,6-,9+,11+;6-,7+,8-,10-/m11101/s1. The van der Waals surface area contributed by atoms with E-state index in [1.165, 1.54) is 31.3 Å². The fourth-order valence-corrected chi connectivity index (χ4v) is 11.0. The van der Waals surface area contributed by atoms with Gasteiger partial charge in [-0.05, 0) is 19.4 Å². The number of alkyl halides is 2. The van der Waals surface area contributed by atoms with Crippen molar-refractivity contribution in [3.05, 3.63) is 160 Å². The number of ether oxygens (including phenoxy) is 10. The van der Waals surface area contributed by atoms with Crippen molar-refractivity contribution in [3.63, 3.8) is 0 Å². The first-order chi connectivity index (χ1) is 50.1. The van der Waals surface area contributed by atoms with Crippen LogP contribution in [0.3, 0.4) is 0 Å². The maximum Gasteiger partial charge on any atom is 0.330 e. The van der Waals surface area contributed by atoms with E-state index in [0.717, 1.165) is 61.1 Å². The van der Waals surface area contributed by atoms with E-state index in [1.807, 2.05) is 19.9 Å². The van der Waals surface area contributed by atoms with Crippen molar-refractivity contribution in [1.82, 2.24) is 57.7 Å². The minimum Gasteiger partial charge on any atom is -0.391 e. The highest BCUT2D eigenvalue weighted by Crippen LogP contribution is 2.43. The van der Waals surface area contributed by atoms with Gasteiger partial charge in [0, 0.05) is 68.2 Å². The molecule has 0 bridgehead atoms. The molecule has 47 nitrogen and oxygen atoms in total. The molecule has 11 heterocycles. The van der Waals surface area contributed by atoms with Crippen molar-refractivity contribution in [3.8, 4) is 24.7 Å².